The molecule has 0 unspecified atom stereocenters. The molecule has 0 saturated carbocycles. The summed E-state index contributed by atoms with van der Waals surface area (Å²) in [5.41, 5.74) is 0.0796. The molecule has 3 rings (SSSR count). The number of esters is 1. The fourth-order valence-corrected chi connectivity index (χ4v) is 4.20. The van der Waals surface area contributed by atoms with Gasteiger partial charge in [-0.3, -0.25) is 4.79 Å². The van der Waals surface area contributed by atoms with E-state index in [2.05, 4.69) is 5.32 Å². The summed E-state index contributed by atoms with van der Waals surface area (Å²) >= 11 is 0. The molecule has 0 spiro atoms. The Morgan fingerprint density at radius 3 is 2.40 bits per heavy atom. The highest BCUT2D eigenvalue weighted by atomic mass is 32.2. The Kier molecular flexibility index (Phi) is 6.75. The van der Waals surface area contributed by atoms with Gasteiger partial charge in [0.05, 0.1) is 18.8 Å². The number of morpholine rings is 1. The van der Waals surface area contributed by atoms with Crippen molar-refractivity contribution < 1.29 is 36.3 Å². The largest absolute Gasteiger partial charge is 0.452 e. The molecule has 0 radical (unpaired) electrons. The summed E-state index contributed by atoms with van der Waals surface area (Å²) in [4.78, 5) is 23.4. The summed E-state index contributed by atoms with van der Waals surface area (Å²) in [6.45, 7) is -0.156. The van der Waals surface area contributed by atoms with Crippen LogP contribution in [0.3, 0.4) is 0 Å². The molecule has 8 nitrogen and oxygen atoms in total. The molecule has 1 fully saturated rings. The maximum atomic E-state index is 14.2. The van der Waals surface area contributed by atoms with Gasteiger partial charge in [-0.25, -0.2) is 22.0 Å². The molecule has 0 atom stereocenters. The summed E-state index contributed by atoms with van der Waals surface area (Å²) in [6.07, 6.45) is 0. The fourth-order valence-electron chi connectivity index (χ4n) is 2.70. The van der Waals surface area contributed by atoms with Gasteiger partial charge in [-0.1, -0.05) is 0 Å². The molecule has 2 aromatic rings. The predicted molar refractivity (Wildman–Crippen MR) is 101 cm³/mol. The van der Waals surface area contributed by atoms with Crippen molar-refractivity contribution in [1.29, 1.82) is 0 Å². The summed E-state index contributed by atoms with van der Waals surface area (Å²) in [6, 6.07) is 7.75. The van der Waals surface area contributed by atoms with Crippen LogP contribution in [0.4, 0.5) is 14.5 Å². The maximum Gasteiger partial charge on any atom is 0.338 e. The number of carbonyl (C=O) groups excluding carboxylic acids is 2. The molecular weight excluding hydrogens is 422 g/mol. The van der Waals surface area contributed by atoms with E-state index >= 15 is 0 Å². The second-order valence-corrected chi connectivity index (χ2v) is 8.20. The van der Waals surface area contributed by atoms with Gasteiger partial charge in [-0.2, -0.15) is 4.31 Å². The molecule has 0 bridgehead atoms. The molecule has 0 aliphatic carbocycles. The Balaban J connectivity index is 1.67. The van der Waals surface area contributed by atoms with Crippen LogP contribution in [0.15, 0.2) is 47.4 Å². The number of anilines is 1. The number of sulfonamides is 1. The molecule has 160 valence electrons. The average molecular weight is 440 g/mol. The zero-order valence-electron chi connectivity index (χ0n) is 15.6. The number of hydrogen-bond donors (Lipinski definition) is 1. The van der Waals surface area contributed by atoms with Gasteiger partial charge in [0, 0.05) is 18.8 Å². The molecule has 0 aromatic heterocycles. The van der Waals surface area contributed by atoms with Crippen LogP contribution < -0.4 is 5.32 Å². The van der Waals surface area contributed by atoms with Crippen molar-refractivity contribution in [3.05, 3.63) is 59.7 Å². The Hall–Kier alpha value is -2.89. The van der Waals surface area contributed by atoms with Crippen LogP contribution in [0, 0.1) is 11.6 Å². The van der Waals surface area contributed by atoms with Gasteiger partial charge in [0.25, 0.3) is 5.91 Å². The predicted octanol–water partition coefficient (Wildman–Crippen LogP) is 1.78. The van der Waals surface area contributed by atoms with Crippen molar-refractivity contribution in [3.8, 4) is 0 Å². The summed E-state index contributed by atoms with van der Waals surface area (Å²) in [5.74, 6) is -3.16. The first-order valence-corrected chi connectivity index (χ1v) is 10.3. The smallest absolute Gasteiger partial charge is 0.338 e. The summed E-state index contributed by atoms with van der Waals surface area (Å²) in [7, 11) is -4.16. The van der Waals surface area contributed by atoms with Crippen molar-refractivity contribution in [2.45, 2.75) is 4.90 Å². The van der Waals surface area contributed by atoms with E-state index in [0.29, 0.717) is 5.69 Å². The van der Waals surface area contributed by atoms with Crippen LogP contribution in [0.1, 0.15) is 10.4 Å². The van der Waals surface area contributed by atoms with Crippen LogP contribution in [0.2, 0.25) is 0 Å². The molecule has 1 aliphatic heterocycles. The van der Waals surface area contributed by atoms with E-state index in [1.807, 2.05) is 0 Å². The van der Waals surface area contributed by atoms with E-state index < -0.39 is 45.0 Å². The third-order valence-corrected chi connectivity index (χ3v) is 6.13. The summed E-state index contributed by atoms with van der Waals surface area (Å²) < 4.78 is 63.4. The Morgan fingerprint density at radius 1 is 1.07 bits per heavy atom. The zero-order chi connectivity index (χ0) is 21.7. The average Bonchev–Trinajstić information content (AvgIpc) is 2.74. The molecule has 1 heterocycles. The lowest BCUT2D eigenvalue weighted by Crippen LogP contribution is -2.41. The van der Waals surface area contributed by atoms with E-state index in [-0.39, 0.29) is 31.9 Å². The number of ether oxygens (including phenoxy) is 2. The maximum absolute atomic E-state index is 14.2. The van der Waals surface area contributed by atoms with Gasteiger partial charge in [0.15, 0.2) is 6.61 Å². The van der Waals surface area contributed by atoms with Crippen LogP contribution in [0.25, 0.3) is 0 Å². The highest BCUT2D eigenvalue weighted by Gasteiger charge is 2.30. The van der Waals surface area contributed by atoms with Crippen molar-refractivity contribution in [3.63, 3.8) is 0 Å². The Labute approximate surface area is 171 Å². The number of amides is 1. The standard InChI is InChI=1S/C19H18F2N2O6S/c20-14-2-4-15(5-3-14)22-18(24)12-29-19(25)13-1-6-16(21)17(11-13)30(26,27)23-7-9-28-10-8-23/h1-6,11H,7-10,12H2,(H,22,24). The zero-order valence-corrected chi connectivity index (χ0v) is 16.5. The van der Waals surface area contributed by atoms with Crippen molar-refractivity contribution in [2.75, 3.05) is 38.2 Å². The first-order chi connectivity index (χ1) is 14.3. The van der Waals surface area contributed by atoms with Crippen molar-refractivity contribution in [2.24, 2.45) is 0 Å². The van der Waals surface area contributed by atoms with E-state index in [0.717, 1.165) is 34.6 Å². The summed E-state index contributed by atoms with van der Waals surface area (Å²) in [5, 5.41) is 2.41. The molecule has 1 N–H and O–H groups in total. The molecule has 1 saturated heterocycles. The minimum atomic E-state index is -4.16. The molecular formula is C19H18F2N2O6S. The molecule has 2 aromatic carbocycles. The van der Waals surface area contributed by atoms with Gasteiger partial charge in [0.2, 0.25) is 10.0 Å². The lowest BCUT2D eigenvalue weighted by molar-refractivity contribution is -0.119. The molecule has 11 heteroatoms. The van der Waals surface area contributed by atoms with E-state index in [1.165, 1.54) is 12.1 Å². The van der Waals surface area contributed by atoms with Crippen LogP contribution in [-0.4, -0.2) is 57.5 Å². The lowest BCUT2D eigenvalue weighted by atomic mass is 10.2. The highest BCUT2D eigenvalue weighted by Crippen LogP contribution is 2.22. The molecule has 1 aliphatic rings. The van der Waals surface area contributed by atoms with Gasteiger partial charge in [0.1, 0.15) is 16.5 Å². The second kappa shape index (κ2) is 9.28. The first-order valence-electron chi connectivity index (χ1n) is 8.87. The number of nitrogens with one attached hydrogen (secondary N) is 1. The van der Waals surface area contributed by atoms with Crippen molar-refractivity contribution >= 4 is 27.6 Å². The normalized spacial score (nSPS) is 14.9. The fraction of sp³-hybridized carbons (Fsp3) is 0.263. The van der Waals surface area contributed by atoms with Crippen LogP contribution in [-0.2, 0) is 24.3 Å². The number of benzene rings is 2. The number of nitrogens with zero attached hydrogens (tertiary/aromatic N) is 1. The van der Waals surface area contributed by atoms with Gasteiger partial charge in [-0.05, 0) is 42.5 Å². The lowest BCUT2D eigenvalue weighted by Gasteiger charge is -2.26. The topological polar surface area (TPSA) is 102 Å². The van der Waals surface area contributed by atoms with Gasteiger partial charge >= 0.3 is 5.97 Å². The quantitative estimate of drug-likeness (QED) is 0.687. The van der Waals surface area contributed by atoms with Gasteiger partial charge in [-0.15, -0.1) is 0 Å². The minimum Gasteiger partial charge on any atom is -0.452 e. The number of carbonyl (C=O) groups is 2. The highest BCUT2D eigenvalue weighted by molar-refractivity contribution is 7.89. The Bertz CT molecular complexity index is 1040. The number of hydrogen-bond acceptors (Lipinski definition) is 6. The molecule has 1 amide bonds. The van der Waals surface area contributed by atoms with Gasteiger partial charge < -0.3 is 14.8 Å². The Morgan fingerprint density at radius 2 is 1.73 bits per heavy atom. The third-order valence-electron chi connectivity index (χ3n) is 4.22. The number of halogens is 2. The first kappa shape index (κ1) is 21.8. The SMILES string of the molecule is O=C(COC(=O)c1ccc(F)c(S(=O)(=O)N2CCOCC2)c1)Nc1ccc(F)cc1. The second-order valence-electron chi connectivity index (χ2n) is 6.29. The molecule has 30 heavy (non-hydrogen) atoms. The van der Waals surface area contributed by atoms with Crippen LogP contribution >= 0.6 is 0 Å². The monoisotopic (exact) mass is 440 g/mol. The van der Waals surface area contributed by atoms with Crippen LogP contribution in [0.5, 0.6) is 0 Å². The van der Waals surface area contributed by atoms with Crippen molar-refractivity contribution in [1.82, 2.24) is 4.31 Å². The third kappa shape index (κ3) is 5.17. The van der Waals surface area contributed by atoms with E-state index in [4.69, 9.17) is 9.47 Å². The number of rotatable bonds is 6. The minimum absolute atomic E-state index is 0.0694. The van der Waals surface area contributed by atoms with E-state index in [1.54, 1.807) is 0 Å². The van der Waals surface area contributed by atoms with E-state index in [9.17, 15) is 26.8 Å².